The van der Waals surface area contributed by atoms with E-state index in [4.69, 9.17) is 28.2 Å². The Morgan fingerprint density at radius 2 is 2.33 bits per heavy atom. The highest BCUT2D eigenvalue weighted by atomic mass is 35.5. The Balaban J connectivity index is 2.91. The highest BCUT2D eigenvalue weighted by Gasteiger charge is 2.29. The molecular weight excluding hydrogens is 180 g/mol. The molecule has 0 aliphatic heterocycles. The average molecular weight is 189 g/mol. The van der Waals surface area contributed by atoms with E-state index in [0.717, 1.165) is 0 Å². The Morgan fingerprint density at radius 3 is 2.75 bits per heavy atom. The molecular formula is C7H9ClN2O2. The van der Waals surface area contributed by atoms with Gasteiger partial charge >= 0.3 is 5.97 Å². The minimum absolute atomic E-state index is 0.115. The van der Waals surface area contributed by atoms with E-state index in [1.54, 1.807) is 0 Å². The summed E-state index contributed by atoms with van der Waals surface area (Å²) < 4.78 is 0. The summed E-state index contributed by atoms with van der Waals surface area (Å²) in [5.41, 5.74) is 11.1. The maximum Gasteiger partial charge on any atom is 0.335 e. The molecule has 0 heterocycles. The normalized spacial score (nSPS) is 34.6. The number of alkyl halides is 1. The molecule has 2 unspecified atom stereocenters. The van der Waals surface area contributed by atoms with Crippen molar-refractivity contribution in [2.45, 2.75) is 11.0 Å². The lowest BCUT2D eigenvalue weighted by Crippen LogP contribution is -2.49. The minimum atomic E-state index is -1.17. The van der Waals surface area contributed by atoms with Crippen LogP contribution in [0.5, 0.6) is 0 Å². The topological polar surface area (TPSA) is 89.3 Å². The van der Waals surface area contributed by atoms with Crippen molar-refractivity contribution < 1.29 is 9.90 Å². The van der Waals surface area contributed by atoms with Crippen molar-refractivity contribution in [3.05, 3.63) is 23.8 Å². The van der Waals surface area contributed by atoms with E-state index in [1.807, 2.05) is 0 Å². The van der Waals surface area contributed by atoms with E-state index in [-0.39, 0.29) is 5.57 Å². The molecule has 66 valence electrons. The molecule has 5 heteroatoms. The third-order valence-corrected chi connectivity index (χ3v) is 2.01. The molecule has 2 atom stereocenters. The number of aliphatic carboxylic acids is 1. The number of hydrogen-bond acceptors (Lipinski definition) is 3. The van der Waals surface area contributed by atoms with Crippen LogP contribution in [0.1, 0.15) is 0 Å². The molecule has 1 aliphatic carbocycles. The summed E-state index contributed by atoms with van der Waals surface area (Å²) in [5.74, 6) is -1.03. The third kappa shape index (κ3) is 1.66. The van der Waals surface area contributed by atoms with Gasteiger partial charge in [-0.3, -0.25) is 0 Å². The quantitative estimate of drug-likeness (QED) is 0.392. The van der Waals surface area contributed by atoms with E-state index in [0.29, 0.717) is 0 Å². The van der Waals surface area contributed by atoms with Gasteiger partial charge in [-0.25, -0.2) is 4.79 Å². The van der Waals surface area contributed by atoms with Gasteiger partial charge in [0.15, 0.2) is 0 Å². The molecule has 1 rings (SSSR count). The molecule has 0 spiro atoms. The Morgan fingerprint density at radius 1 is 1.75 bits per heavy atom. The van der Waals surface area contributed by atoms with Crippen LogP contribution in [-0.4, -0.2) is 22.1 Å². The Kier molecular flexibility index (Phi) is 2.23. The van der Waals surface area contributed by atoms with Crippen LogP contribution in [0.3, 0.4) is 0 Å². The molecule has 0 aromatic rings. The second-order valence-electron chi connectivity index (χ2n) is 2.61. The molecule has 0 amide bonds. The standard InChI is InChI=1S/C7H9ClN2O2/c8-7(10)2-1-4(6(11)12)3-5(7)9/h1-3,5H,9-10H2,(H,11,12). The van der Waals surface area contributed by atoms with E-state index in [1.165, 1.54) is 18.2 Å². The molecule has 0 bridgehead atoms. The first kappa shape index (κ1) is 9.25. The largest absolute Gasteiger partial charge is 0.478 e. The molecule has 4 nitrogen and oxygen atoms in total. The van der Waals surface area contributed by atoms with Crippen LogP contribution in [0, 0.1) is 0 Å². The van der Waals surface area contributed by atoms with Crippen LogP contribution in [0.15, 0.2) is 23.8 Å². The maximum absolute atomic E-state index is 10.5. The molecule has 0 aromatic carbocycles. The predicted octanol–water partition coefficient (Wildman–Crippen LogP) is -0.212. The number of nitrogens with two attached hydrogens (primary N) is 2. The summed E-state index contributed by atoms with van der Waals surface area (Å²) in [7, 11) is 0. The van der Waals surface area contributed by atoms with Crippen LogP contribution in [0.2, 0.25) is 0 Å². The molecule has 1 aliphatic rings. The molecule has 0 saturated carbocycles. The van der Waals surface area contributed by atoms with Crippen molar-refractivity contribution in [2.75, 3.05) is 0 Å². The van der Waals surface area contributed by atoms with Gasteiger partial charge in [0.05, 0.1) is 11.6 Å². The van der Waals surface area contributed by atoms with E-state index >= 15 is 0 Å². The second kappa shape index (κ2) is 2.90. The van der Waals surface area contributed by atoms with Crippen LogP contribution in [-0.2, 0) is 4.79 Å². The van der Waals surface area contributed by atoms with Gasteiger partial charge in [0.1, 0.15) is 5.00 Å². The van der Waals surface area contributed by atoms with Gasteiger partial charge in [0, 0.05) is 0 Å². The summed E-state index contributed by atoms with van der Waals surface area (Å²) >= 11 is 5.72. The first-order valence-corrected chi connectivity index (χ1v) is 3.69. The van der Waals surface area contributed by atoms with E-state index < -0.39 is 17.0 Å². The zero-order valence-corrected chi connectivity index (χ0v) is 6.95. The lowest BCUT2D eigenvalue weighted by Gasteiger charge is -2.26. The summed E-state index contributed by atoms with van der Waals surface area (Å²) in [6.07, 6.45) is 4.05. The summed E-state index contributed by atoms with van der Waals surface area (Å²) in [5, 5.41) is 8.57. The lowest BCUT2D eigenvalue weighted by atomic mass is 9.99. The van der Waals surface area contributed by atoms with Gasteiger partial charge in [-0.1, -0.05) is 11.6 Å². The first-order chi connectivity index (χ1) is 5.43. The fourth-order valence-corrected chi connectivity index (χ4v) is 0.974. The molecule has 5 N–H and O–H groups in total. The van der Waals surface area contributed by atoms with Crippen LogP contribution >= 0.6 is 11.6 Å². The minimum Gasteiger partial charge on any atom is -0.478 e. The second-order valence-corrected chi connectivity index (χ2v) is 3.27. The highest BCUT2D eigenvalue weighted by molar-refractivity contribution is 6.25. The third-order valence-electron chi connectivity index (χ3n) is 1.64. The monoisotopic (exact) mass is 188 g/mol. The Labute approximate surface area is 74.5 Å². The first-order valence-electron chi connectivity index (χ1n) is 3.31. The van der Waals surface area contributed by atoms with Crippen molar-refractivity contribution in [1.82, 2.24) is 0 Å². The average Bonchev–Trinajstić information content (AvgIpc) is 1.94. The van der Waals surface area contributed by atoms with Crippen LogP contribution < -0.4 is 11.5 Å². The number of hydrogen-bond donors (Lipinski definition) is 3. The number of carboxylic acid groups (broad SMARTS) is 1. The lowest BCUT2D eigenvalue weighted by molar-refractivity contribution is -0.132. The Hall–Kier alpha value is -0.840. The zero-order chi connectivity index (χ0) is 9.35. The Bertz CT molecular complexity index is 271. The molecule has 12 heavy (non-hydrogen) atoms. The van der Waals surface area contributed by atoms with Crippen molar-refractivity contribution in [2.24, 2.45) is 11.5 Å². The van der Waals surface area contributed by atoms with E-state index in [9.17, 15) is 4.79 Å². The SMILES string of the molecule is NC1C=C(C(=O)O)C=CC1(N)Cl. The zero-order valence-electron chi connectivity index (χ0n) is 6.20. The van der Waals surface area contributed by atoms with E-state index in [2.05, 4.69) is 0 Å². The summed E-state index contributed by atoms with van der Waals surface area (Å²) in [4.78, 5) is 9.28. The van der Waals surface area contributed by atoms with Gasteiger partial charge in [0.25, 0.3) is 0 Å². The number of rotatable bonds is 1. The maximum atomic E-state index is 10.5. The van der Waals surface area contributed by atoms with Gasteiger partial charge in [0.2, 0.25) is 0 Å². The summed E-state index contributed by atoms with van der Waals surface area (Å²) in [6, 6.07) is -0.671. The van der Waals surface area contributed by atoms with Crippen LogP contribution in [0.25, 0.3) is 0 Å². The fourth-order valence-electron chi connectivity index (χ4n) is 0.848. The smallest absolute Gasteiger partial charge is 0.335 e. The van der Waals surface area contributed by atoms with Gasteiger partial charge in [-0.2, -0.15) is 0 Å². The van der Waals surface area contributed by atoms with Gasteiger partial charge in [-0.05, 0) is 18.2 Å². The summed E-state index contributed by atoms with van der Waals surface area (Å²) in [6.45, 7) is 0. The predicted molar refractivity (Wildman–Crippen MR) is 45.6 cm³/mol. The van der Waals surface area contributed by atoms with Crippen molar-refractivity contribution >= 4 is 17.6 Å². The molecule has 0 saturated heterocycles. The molecule has 0 radical (unpaired) electrons. The number of carboxylic acids is 1. The number of halogens is 1. The van der Waals surface area contributed by atoms with Crippen molar-refractivity contribution in [1.29, 1.82) is 0 Å². The van der Waals surface area contributed by atoms with Gasteiger partial charge in [-0.15, -0.1) is 0 Å². The molecule has 0 fully saturated rings. The van der Waals surface area contributed by atoms with Crippen molar-refractivity contribution in [3.8, 4) is 0 Å². The fraction of sp³-hybridized carbons (Fsp3) is 0.286. The highest BCUT2D eigenvalue weighted by Crippen LogP contribution is 2.21. The number of carbonyl (C=O) groups is 1. The molecule has 0 aromatic heterocycles. The van der Waals surface area contributed by atoms with Crippen molar-refractivity contribution in [3.63, 3.8) is 0 Å². The van der Waals surface area contributed by atoms with Gasteiger partial charge < -0.3 is 16.6 Å². The van der Waals surface area contributed by atoms with Crippen LogP contribution in [0.4, 0.5) is 0 Å².